The molecule has 4 aromatic carbocycles. The second-order valence-electron chi connectivity index (χ2n) is 13.3. The number of nitrogens with one attached hydrogen (secondary N) is 2. The molecule has 272 valence electrons. The molecule has 0 radical (unpaired) electrons. The van der Waals surface area contributed by atoms with E-state index in [9.17, 15) is 27.6 Å². The number of anilines is 1. The highest BCUT2D eigenvalue weighted by atomic mass is 32.2. The summed E-state index contributed by atoms with van der Waals surface area (Å²) in [6.45, 7) is 4.35. The van der Waals surface area contributed by atoms with E-state index in [1.165, 1.54) is 30.3 Å². The van der Waals surface area contributed by atoms with Gasteiger partial charge in [-0.05, 0) is 68.7 Å². The molecule has 1 aliphatic heterocycles. The number of esters is 2. The standard InChI is InChI=1S/C39H40FN3O8S/c1-39(2,3)51-37(46)32-23-33(52(48,49)29-17-8-5-9-18-29)36(30-19-10-11-20-31(30)40)43(32)34(44)24-41-38(47)42-28-16-12-15-27(21-28)22-35(45)50-25-26-13-6-4-7-14-26/h4-21,32-33,36H,22-25H2,1-3H3,(H2,41,42,47). The molecule has 0 aromatic heterocycles. The van der Waals surface area contributed by atoms with Gasteiger partial charge in [0.05, 0.1) is 29.2 Å². The van der Waals surface area contributed by atoms with Crippen molar-refractivity contribution < 1.29 is 41.5 Å². The number of carbonyl (C=O) groups excluding carboxylic acids is 4. The Morgan fingerprint density at radius 2 is 1.48 bits per heavy atom. The van der Waals surface area contributed by atoms with Crippen molar-refractivity contribution in [3.8, 4) is 0 Å². The topological polar surface area (TPSA) is 148 Å². The summed E-state index contributed by atoms with van der Waals surface area (Å²) >= 11 is 0. The molecule has 4 aromatic rings. The minimum atomic E-state index is -4.23. The molecule has 1 heterocycles. The van der Waals surface area contributed by atoms with Crippen LogP contribution in [0.3, 0.4) is 0 Å². The predicted molar refractivity (Wildman–Crippen MR) is 191 cm³/mol. The van der Waals surface area contributed by atoms with E-state index in [0.29, 0.717) is 11.3 Å². The van der Waals surface area contributed by atoms with Crippen LogP contribution >= 0.6 is 0 Å². The van der Waals surface area contributed by atoms with Crippen molar-refractivity contribution in [2.75, 3.05) is 11.9 Å². The SMILES string of the molecule is CC(C)(C)OC(=O)C1CC(S(=O)(=O)c2ccccc2)C(c2ccccc2F)N1C(=O)CNC(=O)Nc1cccc(CC(=O)OCc2ccccc2)c1. The van der Waals surface area contributed by atoms with Crippen LogP contribution in [0.5, 0.6) is 0 Å². The summed E-state index contributed by atoms with van der Waals surface area (Å²) in [5, 5.41) is 3.64. The van der Waals surface area contributed by atoms with Crippen LogP contribution in [0.4, 0.5) is 14.9 Å². The number of hydrogen-bond donors (Lipinski definition) is 2. The average Bonchev–Trinajstić information content (AvgIpc) is 3.52. The number of sulfone groups is 1. The molecule has 2 N–H and O–H groups in total. The third-order valence-corrected chi connectivity index (χ3v) is 10.5. The maximum absolute atomic E-state index is 15.5. The number of carbonyl (C=O) groups is 4. The first-order chi connectivity index (χ1) is 24.7. The number of ether oxygens (including phenoxy) is 2. The van der Waals surface area contributed by atoms with Gasteiger partial charge in [0.1, 0.15) is 24.1 Å². The van der Waals surface area contributed by atoms with Gasteiger partial charge >= 0.3 is 18.0 Å². The molecule has 11 nitrogen and oxygen atoms in total. The van der Waals surface area contributed by atoms with E-state index in [2.05, 4.69) is 10.6 Å². The number of benzene rings is 4. The fraction of sp³-hybridized carbons (Fsp3) is 0.282. The minimum absolute atomic E-state index is 0.0477. The Bertz CT molecular complexity index is 2020. The Kier molecular flexibility index (Phi) is 11.7. The molecule has 52 heavy (non-hydrogen) atoms. The molecule has 13 heteroatoms. The summed E-state index contributed by atoms with van der Waals surface area (Å²) in [6.07, 6.45) is -0.419. The minimum Gasteiger partial charge on any atom is -0.461 e. The fourth-order valence-corrected chi connectivity index (χ4v) is 7.97. The normalized spacial score (nSPS) is 17.2. The monoisotopic (exact) mass is 729 g/mol. The van der Waals surface area contributed by atoms with E-state index in [-0.39, 0.29) is 29.9 Å². The Labute approximate surface area is 302 Å². The largest absolute Gasteiger partial charge is 0.461 e. The number of amides is 3. The number of hydrogen-bond acceptors (Lipinski definition) is 8. The van der Waals surface area contributed by atoms with Crippen LogP contribution in [-0.4, -0.2) is 60.6 Å². The molecule has 0 aliphatic carbocycles. The molecular formula is C39H40FN3O8S. The van der Waals surface area contributed by atoms with Crippen LogP contribution in [0.2, 0.25) is 0 Å². The zero-order chi connectivity index (χ0) is 37.5. The quantitative estimate of drug-likeness (QED) is 0.185. The number of likely N-dealkylation sites (tertiary alicyclic amines) is 1. The van der Waals surface area contributed by atoms with Gasteiger partial charge in [-0.2, -0.15) is 0 Å². The number of halogens is 1. The number of urea groups is 1. The van der Waals surface area contributed by atoms with Crippen LogP contribution < -0.4 is 10.6 Å². The highest BCUT2D eigenvalue weighted by Crippen LogP contribution is 2.44. The molecule has 1 fully saturated rings. The zero-order valence-corrected chi connectivity index (χ0v) is 29.8. The first kappa shape index (κ1) is 37.7. The van der Waals surface area contributed by atoms with E-state index in [0.717, 1.165) is 16.5 Å². The van der Waals surface area contributed by atoms with Crippen molar-refractivity contribution in [1.82, 2.24) is 10.2 Å². The Morgan fingerprint density at radius 3 is 2.15 bits per heavy atom. The van der Waals surface area contributed by atoms with Crippen molar-refractivity contribution in [2.45, 2.75) is 68.0 Å². The Morgan fingerprint density at radius 1 is 0.846 bits per heavy atom. The summed E-state index contributed by atoms with van der Waals surface area (Å²) in [5.41, 5.74) is 0.653. The van der Waals surface area contributed by atoms with Crippen LogP contribution in [0.15, 0.2) is 114 Å². The molecule has 0 spiro atoms. The van der Waals surface area contributed by atoms with Gasteiger partial charge in [-0.3, -0.25) is 9.59 Å². The second kappa shape index (κ2) is 16.2. The first-order valence-electron chi connectivity index (χ1n) is 16.6. The summed E-state index contributed by atoms with van der Waals surface area (Å²) < 4.78 is 54.6. The molecule has 0 bridgehead atoms. The number of rotatable bonds is 11. The summed E-state index contributed by atoms with van der Waals surface area (Å²) in [5.74, 6) is -2.92. The van der Waals surface area contributed by atoms with Gasteiger partial charge in [-0.25, -0.2) is 22.4 Å². The predicted octanol–water partition coefficient (Wildman–Crippen LogP) is 5.76. The van der Waals surface area contributed by atoms with Gasteiger partial charge in [0.25, 0.3) is 0 Å². The lowest BCUT2D eigenvalue weighted by molar-refractivity contribution is -0.164. The van der Waals surface area contributed by atoms with Gasteiger partial charge in [-0.1, -0.05) is 78.9 Å². The van der Waals surface area contributed by atoms with E-state index in [4.69, 9.17) is 9.47 Å². The van der Waals surface area contributed by atoms with Gasteiger partial charge in [0, 0.05) is 11.3 Å². The highest BCUT2D eigenvalue weighted by molar-refractivity contribution is 7.92. The van der Waals surface area contributed by atoms with Crippen molar-refractivity contribution in [1.29, 1.82) is 0 Å². The highest BCUT2D eigenvalue weighted by Gasteiger charge is 2.54. The molecule has 3 atom stereocenters. The van der Waals surface area contributed by atoms with Crippen molar-refractivity contribution in [2.24, 2.45) is 0 Å². The average molecular weight is 730 g/mol. The Hall–Kier alpha value is -5.56. The van der Waals surface area contributed by atoms with Crippen molar-refractivity contribution in [3.63, 3.8) is 0 Å². The molecule has 3 unspecified atom stereocenters. The van der Waals surface area contributed by atoms with Crippen molar-refractivity contribution >= 4 is 39.4 Å². The first-order valence-corrected chi connectivity index (χ1v) is 18.2. The van der Waals surface area contributed by atoms with Crippen molar-refractivity contribution in [3.05, 3.63) is 132 Å². The molecule has 1 saturated heterocycles. The molecule has 5 rings (SSSR count). The molecular weight excluding hydrogens is 690 g/mol. The molecule has 0 saturated carbocycles. The molecule has 1 aliphatic rings. The maximum Gasteiger partial charge on any atom is 0.329 e. The smallest absolute Gasteiger partial charge is 0.329 e. The summed E-state index contributed by atoms with van der Waals surface area (Å²) in [6, 6.07) is 25.1. The third kappa shape index (κ3) is 9.40. The van der Waals surface area contributed by atoms with E-state index in [1.54, 1.807) is 63.2 Å². The van der Waals surface area contributed by atoms with E-state index in [1.807, 2.05) is 30.3 Å². The number of nitrogens with zero attached hydrogens (tertiary/aromatic N) is 1. The van der Waals surface area contributed by atoms with Gasteiger partial charge < -0.3 is 25.0 Å². The lowest BCUT2D eigenvalue weighted by Crippen LogP contribution is -2.49. The van der Waals surface area contributed by atoms with Crippen LogP contribution in [-0.2, 0) is 46.7 Å². The van der Waals surface area contributed by atoms with Gasteiger partial charge in [0.2, 0.25) is 5.91 Å². The lowest BCUT2D eigenvalue weighted by Gasteiger charge is -2.32. The summed E-state index contributed by atoms with van der Waals surface area (Å²) in [4.78, 5) is 54.0. The summed E-state index contributed by atoms with van der Waals surface area (Å²) in [7, 11) is -4.23. The van der Waals surface area contributed by atoms with Crippen LogP contribution in [0.1, 0.15) is 49.9 Å². The van der Waals surface area contributed by atoms with Crippen LogP contribution in [0, 0.1) is 5.82 Å². The van der Waals surface area contributed by atoms with Gasteiger partial charge in [-0.15, -0.1) is 0 Å². The zero-order valence-electron chi connectivity index (χ0n) is 29.0. The van der Waals surface area contributed by atoms with E-state index >= 15 is 4.39 Å². The third-order valence-electron chi connectivity index (χ3n) is 8.28. The molecule has 3 amide bonds. The van der Waals surface area contributed by atoms with E-state index < -0.39 is 69.0 Å². The maximum atomic E-state index is 15.5. The Balaban J connectivity index is 1.34. The van der Waals surface area contributed by atoms with Crippen LogP contribution in [0.25, 0.3) is 0 Å². The lowest BCUT2D eigenvalue weighted by atomic mass is 10.0. The fourth-order valence-electron chi connectivity index (χ4n) is 6.03. The van der Waals surface area contributed by atoms with Gasteiger partial charge in [0.15, 0.2) is 9.84 Å². The second-order valence-corrected chi connectivity index (χ2v) is 15.4.